The molecule has 0 aromatic carbocycles. The molecule has 10 heavy (non-hydrogen) atoms. The molecule has 0 aliphatic carbocycles. The molecule has 0 rings (SSSR count). The molecule has 0 saturated carbocycles. The first-order valence-corrected chi connectivity index (χ1v) is 3.60. The second-order valence-corrected chi connectivity index (χ2v) is 2.53. The third-order valence-electron chi connectivity index (χ3n) is 1.60. The van der Waals surface area contributed by atoms with Gasteiger partial charge in [-0.15, -0.1) is 0 Å². The summed E-state index contributed by atoms with van der Waals surface area (Å²) in [6.07, 6.45) is 0.802. The van der Waals surface area contributed by atoms with Crippen molar-refractivity contribution in [2.75, 3.05) is 0 Å². The van der Waals surface area contributed by atoms with E-state index < -0.39 is 12.0 Å². The third kappa shape index (κ3) is 2.54. The van der Waals surface area contributed by atoms with Gasteiger partial charge in [-0.25, -0.2) is 4.84 Å². The highest BCUT2D eigenvalue weighted by Gasteiger charge is 2.21. The van der Waals surface area contributed by atoms with Crippen LogP contribution in [0.3, 0.4) is 0 Å². The smallest absolute Gasteiger partial charge is 0.322 e. The molecule has 3 nitrogen and oxygen atoms in total. The molecule has 4 heteroatoms. The fourth-order valence-corrected chi connectivity index (χ4v) is 0.942. The summed E-state index contributed by atoms with van der Waals surface area (Å²) in [4.78, 5) is 12.6. The number of nitrogens with one attached hydrogen (secondary N) is 1. The number of carboxylic acid groups (broad SMARTS) is 1. The lowest BCUT2D eigenvalue weighted by Crippen LogP contribution is -2.36. The number of hydrogen-bond acceptors (Lipinski definition) is 2. The van der Waals surface area contributed by atoms with Crippen molar-refractivity contribution < 1.29 is 9.90 Å². The summed E-state index contributed by atoms with van der Waals surface area (Å²) in [6.45, 7) is 3.77. The largest absolute Gasteiger partial charge is 0.480 e. The summed E-state index contributed by atoms with van der Waals surface area (Å²) in [5.41, 5.74) is 0. The minimum atomic E-state index is -0.899. The van der Waals surface area contributed by atoms with Gasteiger partial charge in [-0.1, -0.05) is 20.3 Å². The van der Waals surface area contributed by atoms with Crippen LogP contribution in [0.5, 0.6) is 0 Å². The first-order valence-electron chi connectivity index (χ1n) is 3.22. The average molecular weight is 166 g/mol. The number of carbonyl (C=O) groups is 1. The molecule has 0 spiro atoms. The number of rotatable bonds is 4. The Bertz CT molecular complexity index is 118. The topological polar surface area (TPSA) is 49.3 Å². The number of aliphatic carboxylic acids is 1. The molecule has 2 atom stereocenters. The van der Waals surface area contributed by atoms with Crippen molar-refractivity contribution >= 4 is 17.7 Å². The summed E-state index contributed by atoms with van der Waals surface area (Å²) in [7, 11) is 0. The van der Waals surface area contributed by atoms with Gasteiger partial charge in [0.1, 0.15) is 6.04 Å². The summed E-state index contributed by atoms with van der Waals surface area (Å²) in [5.74, 6) is -0.834. The first kappa shape index (κ1) is 9.72. The number of halogens is 1. The van der Waals surface area contributed by atoms with Crippen LogP contribution in [-0.2, 0) is 4.79 Å². The van der Waals surface area contributed by atoms with Gasteiger partial charge in [-0.3, -0.25) is 4.79 Å². The molecular formula is C6H12ClNO2. The van der Waals surface area contributed by atoms with Crippen molar-refractivity contribution in [3.05, 3.63) is 0 Å². The molecule has 0 fully saturated rings. The van der Waals surface area contributed by atoms with E-state index in [2.05, 4.69) is 4.84 Å². The normalized spacial score (nSPS) is 16.3. The van der Waals surface area contributed by atoms with E-state index >= 15 is 0 Å². The Kier molecular flexibility index (Phi) is 4.40. The highest BCUT2D eigenvalue weighted by Crippen LogP contribution is 2.07. The lowest BCUT2D eigenvalue weighted by molar-refractivity contribution is -0.140. The van der Waals surface area contributed by atoms with Crippen molar-refractivity contribution in [3.63, 3.8) is 0 Å². The van der Waals surface area contributed by atoms with Crippen molar-refractivity contribution in [2.45, 2.75) is 26.3 Å². The van der Waals surface area contributed by atoms with Crippen LogP contribution in [0.25, 0.3) is 0 Å². The van der Waals surface area contributed by atoms with Crippen LogP contribution in [0.15, 0.2) is 0 Å². The summed E-state index contributed by atoms with van der Waals surface area (Å²) in [6, 6.07) is -0.633. The first-order chi connectivity index (χ1) is 4.63. The van der Waals surface area contributed by atoms with Crippen molar-refractivity contribution in [3.8, 4) is 0 Å². The molecule has 0 aromatic rings. The van der Waals surface area contributed by atoms with E-state index in [-0.39, 0.29) is 5.92 Å². The molecule has 0 saturated heterocycles. The Balaban J connectivity index is 3.92. The van der Waals surface area contributed by atoms with E-state index in [0.717, 1.165) is 6.42 Å². The van der Waals surface area contributed by atoms with Crippen LogP contribution >= 0.6 is 11.8 Å². The summed E-state index contributed by atoms with van der Waals surface area (Å²) < 4.78 is 0. The minimum Gasteiger partial charge on any atom is -0.480 e. The molecule has 2 N–H and O–H groups in total. The zero-order chi connectivity index (χ0) is 8.15. The Morgan fingerprint density at radius 3 is 2.40 bits per heavy atom. The van der Waals surface area contributed by atoms with Crippen LogP contribution in [0.4, 0.5) is 0 Å². The summed E-state index contributed by atoms with van der Waals surface area (Å²) >= 11 is 5.21. The number of carboxylic acids is 1. The molecular weight excluding hydrogens is 154 g/mol. The lowest BCUT2D eigenvalue weighted by atomic mass is 10.0. The van der Waals surface area contributed by atoms with Gasteiger partial charge in [0.05, 0.1) is 0 Å². The highest BCUT2D eigenvalue weighted by molar-refractivity contribution is 6.14. The van der Waals surface area contributed by atoms with Gasteiger partial charge in [0.2, 0.25) is 0 Å². The summed E-state index contributed by atoms with van der Waals surface area (Å²) in [5, 5.41) is 8.53. The van der Waals surface area contributed by atoms with Crippen LogP contribution < -0.4 is 4.84 Å². The van der Waals surface area contributed by atoms with E-state index in [4.69, 9.17) is 16.9 Å². The standard InChI is InChI=1S/C6H12ClNO2/c1-3-4(2)5(8-7)6(9)10/h4-5,8H,3H2,1-2H3,(H,9,10)/t4-,5+/m0/s1. The van der Waals surface area contributed by atoms with Gasteiger partial charge in [-0.05, 0) is 17.7 Å². The minimum absolute atomic E-state index is 0.0648. The van der Waals surface area contributed by atoms with E-state index in [1.54, 1.807) is 0 Å². The molecule has 60 valence electrons. The molecule has 0 radical (unpaired) electrons. The zero-order valence-electron chi connectivity index (χ0n) is 6.10. The maximum absolute atomic E-state index is 10.4. The molecule has 0 aliphatic heterocycles. The fraction of sp³-hybridized carbons (Fsp3) is 0.833. The second kappa shape index (κ2) is 4.52. The monoisotopic (exact) mass is 165 g/mol. The van der Waals surface area contributed by atoms with Gasteiger partial charge in [0.25, 0.3) is 0 Å². The quantitative estimate of drug-likeness (QED) is 0.616. The maximum atomic E-state index is 10.4. The predicted octanol–water partition coefficient (Wildman–Crippen LogP) is 1.23. The zero-order valence-corrected chi connectivity index (χ0v) is 6.85. The predicted molar refractivity (Wildman–Crippen MR) is 39.9 cm³/mol. The second-order valence-electron chi connectivity index (χ2n) is 2.31. The van der Waals surface area contributed by atoms with Gasteiger partial charge < -0.3 is 5.11 Å². The highest BCUT2D eigenvalue weighted by atomic mass is 35.5. The Hall–Kier alpha value is -0.280. The average Bonchev–Trinajstić information content (AvgIpc) is 1.88. The SMILES string of the molecule is CC[C@H](C)[C@@H](NCl)C(=O)O. The Morgan fingerprint density at radius 1 is 1.80 bits per heavy atom. The maximum Gasteiger partial charge on any atom is 0.322 e. The van der Waals surface area contributed by atoms with Gasteiger partial charge in [0.15, 0.2) is 0 Å². The van der Waals surface area contributed by atoms with Crippen LogP contribution in [0, 0.1) is 5.92 Å². The van der Waals surface area contributed by atoms with E-state index in [1.807, 2.05) is 13.8 Å². The van der Waals surface area contributed by atoms with Gasteiger partial charge in [-0.2, -0.15) is 0 Å². The van der Waals surface area contributed by atoms with E-state index in [1.165, 1.54) is 0 Å². The van der Waals surface area contributed by atoms with E-state index in [0.29, 0.717) is 0 Å². The van der Waals surface area contributed by atoms with Gasteiger partial charge in [0, 0.05) is 0 Å². The molecule has 0 heterocycles. The van der Waals surface area contributed by atoms with Crippen molar-refractivity contribution in [1.29, 1.82) is 0 Å². The fourth-order valence-electron chi connectivity index (χ4n) is 0.633. The van der Waals surface area contributed by atoms with Crippen LogP contribution in [0.1, 0.15) is 20.3 Å². The molecule has 0 unspecified atom stereocenters. The third-order valence-corrected chi connectivity index (χ3v) is 1.83. The molecule has 0 aromatic heterocycles. The molecule has 0 aliphatic rings. The van der Waals surface area contributed by atoms with Crippen molar-refractivity contribution in [2.24, 2.45) is 5.92 Å². The van der Waals surface area contributed by atoms with Crippen LogP contribution in [-0.4, -0.2) is 17.1 Å². The number of hydrogen-bond donors (Lipinski definition) is 2. The van der Waals surface area contributed by atoms with Crippen molar-refractivity contribution in [1.82, 2.24) is 4.84 Å². The van der Waals surface area contributed by atoms with E-state index in [9.17, 15) is 4.79 Å². The van der Waals surface area contributed by atoms with Crippen LogP contribution in [0.2, 0.25) is 0 Å². The Morgan fingerprint density at radius 2 is 2.30 bits per heavy atom. The molecule has 0 bridgehead atoms. The van der Waals surface area contributed by atoms with Gasteiger partial charge >= 0.3 is 5.97 Å². The molecule has 0 amide bonds. The Labute approximate surface area is 65.5 Å². The lowest BCUT2D eigenvalue weighted by Gasteiger charge is -2.15.